The van der Waals surface area contributed by atoms with Crippen molar-refractivity contribution in [3.8, 4) is 11.5 Å². The topological polar surface area (TPSA) is 91.3 Å². The van der Waals surface area contributed by atoms with Gasteiger partial charge in [-0.15, -0.1) is 0 Å². The molecule has 0 saturated carbocycles. The lowest BCUT2D eigenvalue weighted by molar-refractivity contribution is -0.890. The van der Waals surface area contributed by atoms with Crippen LogP contribution in [-0.4, -0.2) is 141 Å². The summed E-state index contributed by atoms with van der Waals surface area (Å²) in [6, 6.07) is 34.2. The monoisotopic (exact) mass is 824 g/mol. The average Bonchev–Trinajstić information content (AvgIpc) is 4.07. The first-order valence-electron chi connectivity index (χ1n) is 22.0. The van der Waals surface area contributed by atoms with E-state index in [9.17, 15) is 0 Å². The Balaban J connectivity index is 1.09. The number of benzene rings is 2. The fourth-order valence-corrected chi connectivity index (χ4v) is 8.15. The van der Waals surface area contributed by atoms with Gasteiger partial charge in [-0.05, 0) is 157 Å². The van der Waals surface area contributed by atoms with Gasteiger partial charge in [0.25, 0.3) is 0 Å². The Hall–Kier alpha value is -5.52. The van der Waals surface area contributed by atoms with Crippen LogP contribution in [0.3, 0.4) is 0 Å². The van der Waals surface area contributed by atoms with Crippen LogP contribution in [0.25, 0.3) is 23.3 Å². The van der Waals surface area contributed by atoms with Crippen molar-refractivity contribution in [2.45, 2.75) is 25.7 Å². The minimum absolute atomic E-state index is 0.692. The first-order chi connectivity index (χ1) is 29.5. The molecule has 61 heavy (non-hydrogen) atoms. The summed E-state index contributed by atoms with van der Waals surface area (Å²) >= 11 is 0. The van der Waals surface area contributed by atoms with Crippen molar-refractivity contribution in [1.82, 2.24) is 34.6 Å². The van der Waals surface area contributed by atoms with Crippen molar-refractivity contribution in [2.24, 2.45) is 0 Å². The van der Waals surface area contributed by atoms with Gasteiger partial charge in [0.15, 0.2) is 0 Å². The minimum Gasteiger partial charge on any atom is -0.494 e. The van der Waals surface area contributed by atoms with E-state index in [1.807, 2.05) is 0 Å². The zero-order valence-electron chi connectivity index (χ0n) is 37.5. The number of ether oxygens (including phenoxy) is 2. The number of quaternary nitrogens is 1. The largest absolute Gasteiger partial charge is 0.494 e. The molecule has 8 bridgehead atoms. The van der Waals surface area contributed by atoms with Crippen molar-refractivity contribution >= 4 is 23.3 Å². The molecule has 4 aromatic heterocycles. The van der Waals surface area contributed by atoms with Gasteiger partial charge >= 0.3 is 0 Å². The number of H-pyrrole nitrogens is 4. The summed E-state index contributed by atoms with van der Waals surface area (Å²) in [5.74, 6) is 1.78. The quantitative estimate of drug-likeness (QED) is 0.0649. The summed E-state index contributed by atoms with van der Waals surface area (Å²) in [7, 11) is 15.4. The SMILES string of the molecule is CN(C)CCCN(C)CCCOc1ccc(C2=c3ccc([nH]3)=Cc3ccc([nH]3)C(c3ccc(OCCC[N+](C)(C)CCCN(C)C)cc3)=c3ccc([nH]3)=Cc3ccc2[nH]3)cc1. The predicted octanol–water partition coefficient (Wildman–Crippen LogP) is 4.91. The van der Waals surface area contributed by atoms with Gasteiger partial charge in [-0.1, -0.05) is 24.3 Å². The van der Waals surface area contributed by atoms with E-state index in [-0.39, 0.29) is 0 Å². The molecule has 7 rings (SSSR count). The molecule has 0 spiro atoms. The van der Waals surface area contributed by atoms with E-state index in [0.717, 1.165) is 128 Å². The number of aromatic amines is 4. The molecule has 2 aromatic carbocycles. The van der Waals surface area contributed by atoms with Crippen molar-refractivity contribution < 1.29 is 14.0 Å². The Morgan fingerprint density at radius 2 is 0.918 bits per heavy atom. The first-order valence-corrected chi connectivity index (χ1v) is 22.0. The van der Waals surface area contributed by atoms with Crippen LogP contribution in [0, 0.1) is 0 Å². The molecule has 0 radical (unpaired) electrons. The molecule has 1 aliphatic rings. The van der Waals surface area contributed by atoms with Gasteiger partial charge in [0.2, 0.25) is 0 Å². The Kier molecular flexibility index (Phi) is 14.5. The number of fused-ring (bicyclic) bond motifs is 8. The Morgan fingerprint density at radius 3 is 1.43 bits per heavy atom. The molecule has 0 unspecified atom stereocenters. The fraction of sp³-hybridized carbons (Fsp3) is 0.373. The number of hydrogen-bond donors (Lipinski definition) is 4. The average molecular weight is 824 g/mol. The highest BCUT2D eigenvalue weighted by Gasteiger charge is 2.16. The van der Waals surface area contributed by atoms with Crippen molar-refractivity contribution in [2.75, 3.05) is 102 Å². The van der Waals surface area contributed by atoms with Gasteiger partial charge in [0.05, 0.1) is 40.4 Å². The molecule has 0 atom stereocenters. The second kappa shape index (κ2) is 20.4. The molecule has 0 amide bonds. The van der Waals surface area contributed by atoms with Crippen LogP contribution in [0.5, 0.6) is 11.5 Å². The van der Waals surface area contributed by atoms with E-state index < -0.39 is 0 Å². The highest BCUT2D eigenvalue weighted by Crippen LogP contribution is 2.25. The number of hydrogen-bond acceptors (Lipinski definition) is 5. The molecule has 0 saturated heterocycles. The molecule has 4 N–H and O–H groups in total. The molecule has 1 aliphatic heterocycles. The maximum atomic E-state index is 6.24. The number of nitrogens with zero attached hydrogens (tertiary/aromatic N) is 4. The van der Waals surface area contributed by atoms with Crippen LogP contribution in [0.1, 0.15) is 59.6 Å². The van der Waals surface area contributed by atoms with Gasteiger partial charge in [-0.3, -0.25) is 0 Å². The van der Waals surface area contributed by atoms with Gasteiger partial charge in [0.1, 0.15) is 11.5 Å². The van der Waals surface area contributed by atoms with Gasteiger partial charge in [-0.25, -0.2) is 0 Å². The summed E-state index contributed by atoms with van der Waals surface area (Å²) in [5.41, 5.74) is 8.49. The summed E-state index contributed by atoms with van der Waals surface area (Å²) in [6.07, 6.45) is 8.71. The lowest BCUT2D eigenvalue weighted by Crippen LogP contribution is -2.42. The lowest BCUT2D eigenvalue weighted by atomic mass is 10.0. The molecule has 5 heterocycles. The highest BCUT2D eigenvalue weighted by molar-refractivity contribution is 5.79. The van der Waals surface area contributed by atoms with Crippen LogP contribution >= 0.6 is 0 Å². The molecule has 6 aromatic rings. The van der Waals surface area contributed by atoms with Crippen molar-refractivity contribution in [3.63, 3.8) is 0 Å². The Labute approximate surface area is 362 Å². The van der Waals surface area contributed by atoms with Gasteiger partial charge < -0.3 is 48.6 Å². The fourth-order valence-electron chi connectivity index (χ4n) is 8.15. The van der Waals surface area contributed by atoms with Crippen LogP contribution in [0.15, 0.2) is 97.1 Å². The number of aromatic nitrogens is 4. The zero-order valence-corrected chi connectivity index (χ0v) is 37.5. The maximum Gasteiger partial charge on any atom is 0.119 e. The van der Waals surface area contributed by atoms with Crippen LogP contribution < -0.4 is 30.9 Å². The first kappa shape index (κ1) is 43.6. The molecular formula is C51H67N8O2+. The maximum absolute atomic E-state index is 6.24. The van der Waals surface area contributed by atoms with Gasteiger partial charge in [-0.2, -0.15) is 0 Å². The summed E-state index contributed by atoms with van der Waals surface area (Å²) < 4.78 is 13.4. The summed E-state index contributed by atoms with van der Waals surface area (Å²) in [5, 5.41) is 4.09. The smallest absolute Gasteiger partial charge is 0.119 e. The molecular weight excluding hydrogens is 757 g/mol. The van der Waals surface area contributed by atoms with Crippen LogP contribution in [-0.2, 0) is 0 Å². The molecule has 10 heteroatoms. The van der Waals surface area contributed by atoms with Crippen molar-refractivity contribution in [3.05, 3.63) is 152 Å². The van der Waals surface area contributed by atoms with E-state index in [0.29, 0.717) is 13.2 Å². The second-order valence-corrected chi connectivity index (χ2v) is 17.8. The van der Waals surface area contributed by atoms with Crippen LogP contribution in [0.2, 0.25) is 0 Å². The lowest BCUT2D eigenvalue weighted by Gasteiger charge is -2.30. The minimum atomic E-state index is 0.692. The molecule has 10 nitrogen and oxygen atoms in total. The molecule has 322 valence electrons. The van der Waals surface area contributed by atoms with E-state index in [4.69, 9.17) is 9.47 Å². The van der Waals surface area contributed by atoms with Gasteiger partial charge in [0, 0.05) is 81.2 Å². The third-order valence-electron chi connectivity index (χ3n) is 11.5. The Bertz CT molecular complexity index is 2550. The molecule has 0 fully saturated rings. The zero-order chi connectivity index (χ0) is 42.8. The van der Waals surface area contributed by atoms with Crippen molar-refractivity contribution in [1.29, 1.82) is 0 Å². The summed E-state index contributed by atoms with van der Waals surface area (Å²) in [4.78, 5) is 21.7. The highest BCUT2D eigenvalue weighted by atomic mass is 16.5. The second-order valence-electron chi connectivity index (χ2n) is 17.8. The number of nitrogens with one attached hydrogen (secondary N) is 4. The van der Waals surface area contributed by atoms with E-state index >= 15 is 0 Å². The molecule has 0 aliphatic carbocycles. The predicted molar refractivity (Wildman–Crippen MR) is 251 cm³/mol. The van der Waals surface area contributed by atoms with E-state index in [2.05, 4.69) is 193 Å². The van der Waals surface area contributed by atoms with Crippen LogP contribution in [0.4, 0.5) is 0 Å². The summed E-state index contributed by atoms with van der Waals surface area (Å²) in [6.45, 7) is 8.02. The van der Waals surface area contributed by atoms with E-state index in [1.54, 1.807) is 0 Å². The van der Waals surface area contributed by atoms with E-state index in [1.165, 1.54) is 19.4 Å². The standard InChI is InChI=1S/C51H67N8O2/c1-56(2)28-8-30-58(5)31-10-34-60-44-20-12-38(13-21-44)50-46-24-16-40(52-46)36-42-18-26-48(54-42)51(49-27-19-43(55-49)37-41-17-25-47(50)53-41)39-14-22-45(23-15-39)61-35-11-33-59(6,7)32-9-29-57(3)4/h12-27,36-37,52-55H,8-11,28-35H2,1-7H3/q+1. The number of rotatable bonds is 20. The third-order valence-corrected chi connectivity index (χ3v) is 11.5. The third kappa shape index (κ3) is 12.3. The Morgan fingerprint density at radius 1 is 0.459 bits per heavy atom. The normalized spacial score (nSPS) is 13.0.